The van der Waals surface area contributed by atoms with Crippen LogP contribution in [0.2, 0.25) is 0 Å². The predicted octanol–water partition coefficient (Wildman–Crippen LogP) is 7.05. The fourth-order valence-corrected chi connectivity index (χ4v) is 6.97. The average molecular weight is 622 g/mol. The summed E-state index contributed by atoms with van der Waals surface area (Å²) in [6.07, 6.45) is 6.08. The SMILES string of the molecule is CCOC(=O)c1[nH]c2c(-c3c(CNCCCN4CCCC4)nn(C)c3CC)cccc2c1CCCOc1cccc2ccccc12. The van der Waals surface area contributed by atoms with Crippen molar-refractivity contribution in [2.24, 2.45) is 7.05 Å². The van der Waals surface area contributed by atoms with Gasteiger partial charge in [-0.05, 0) is 88.6 Å². The molecule has 1 fully saturated rings. The van der Waals surface area contributed by atoms with Crippen LogP contribution in [0, 0.1) is 0 Å². The zero-order valence-corrected chi connectivity index (χ0v) is 27.5. The van der Waals surface area contributed by atoms with E-state index in [0.717, 1.165) is 82.2 Å². The van der Waals surface area contributed by atoms with Crippen molar-refractivity contribution in [3.05, 3.63) is 83.3 Å². The van der Waals surface area contributed by atoms with Crippen molar-refractivity contribution in [3.8, 4) is 16.9 Å². The molecule has 2 aromatic heterocycles. The van der Waals surface area contributed by atoms with E-state index >= 15 is 0 Å². The number of para-hydroxylation sites is 1. The van der Waals surface area contributed by atoms with Crippen LogP contribution in [0.3, 0.4) is 0 Å². The summed E-state index contributed by atoms with van der Waals surface area (Å²) in [7, 11) is 2.03. The maximum atomic E-state index is 13.3. The Morgan fingerprint density at radius 1 is 0.978 bits per heavy atom. The van der Waals surface area contributed by atoms with Gasteiger partial charge in [0.1, 0.15) is 11.4 Å². The number of esters is 1. The van der Waals surface area contributed by atoms with E-state index in [9.17, 15) is 4.79 Å². The largest absolute Gasteiger partial charge is 0.493 e. The van der Waals surface area contributed by atoms with Gasteiger partial charge in [-0.25, -0.2) is 4.79 Å². The molecule has 0 unspecified atom stereocenters. The van der Waals surface area contributed by atoms with E-state index in [0.29, 0.717) is 31.9 Å². The van der Waals surface area contributed by atoms with Crippen molar-refractivity contribution in [1.29, 1.82) is 0 Å². The molecule has 0 spiro atoms. The van der Waals surface area contributed by atoms with Crippen molar-refractivity contribution in [3.63, 3.8) is 0 Å². The number of ether oxygens (including phenoxy) is 2. The van der Waals surface area contributed by atoms with Crippen LogP contribution in [0.4, 0.5) is 0 Å². The molecule has 46 heavy (non-hydrogen) atoms. The summed E-state index contributed by atoms with van der Waals surface area (Å²) in [5.41, 5.74) is 6.88. The van der Waals surface area contributed by atoms with E-state index in [1.165, 1.54) is 31.6 Å². The van der Waals surface area contributed by atoms with Gasteiger partial charge in [0.15, 0.2) is 0 Å². The molecule has 1 saturated heterocycles. The summed E-state index contributed by atoms with van der Waals surface area (Å²) in [6, 6.07) is 20.8. The lowest BCUT2D eigenvalue weighted by Crippen LogP contribution is -2.24. The molecule has 1 aliphatic rings. The van der Waals surface area contributed by atoms with Gasteiger partial charge in [0.05, 0.1) is 24.4 Å². The number of aryl methyl sites for hydroxylation is 2. The number of rotatable bonds is 15. The van der Waals surface area contributed by atoms with Gasteiger partial charge < -0.3 is 24.7 Å². The molecule has 8 heteroatoms. The van der Waals surface area contributed by atoms with Crippen molar-refractivity contribution < 1.29 is 14.3 Å². The number of benzene rings is 3. The fourth-order valence-electron chi connectivity index (χ4n) is 6.97. The maximum absolute atomic E-state index is 13.3. The molecule has 0 atom stereocenters. The van der Waals surface area contributed by atoms with E-state index in [-0.39, 0.29) is 5.97 Å². The predicted molar refractivity (Wildman–Crippen MR) is 186 cm³/mol. The van der Waals surface area contributed by atoms with Crippen LogP contribution in [-0.2, 0) is 31.2 Å². The smallest absolute Gasteiger partial charge is 0.355 e. The van der Waals surface area contributed by atoms with Crippen LogP contribution in [-0.4, -0.2) is 65.0 Å². The van der Waals surface area contributed by atoms with Crippen LogP contribution < -0.4 is 10.1 Å². The second-order valence-electron chi connectivity index (χ2n) is 12.2. The molecule has 3 aromatic carbocycles. The van der Waals surface area contributed by atoms with Gasteiger partial charge in [-0.2, -0.15) is 5.10 Å². The van der Waals surface area contributed by atoms with Gasteiger partial charge in [0.2, 0.25) is 0 Å². The van der Waals surface area contributed by atoms with Crippen molar-refractivity contribution in [2.45, 2.75) is 58.9 Å². The summed E-state index contributed by atoms with van der Waals surface area (Å²) in [5.74, 6) is 0.558. The third kappa shape index (κ3) is 6.83. The minimum atomic E-state index is -0.323. The molecule has 0 amide bonds. The molecule has 0 aliphatic carbocycles. The van der Waals surface area contributed by atoms with Gasteiger partial charge >= 0.3 is 5.97 Å². The third-order valence-corrected chi connectivity index (χ3v) is 9.16. The molecule has 3 heterocycles. The van der Waals surface area contributed by atoms with E-state index in [1.807, 2.05) is 42.9 Å². The van der Waals surface area contributed by atoms with Crippen LogP contribution in [0.15, 0.2) is 60.7 Å². The van der Waals surface area contributed by atoms with Gasteiger partial charge in [-0.1, -0.05) is 61.5 Å². The van der Waals surface area contributed by atoms with Crippen molar-refractivity contribution >= 4 is 27.6 Å². The lowest BCUT2D eigenvalue weighted by molar-refractivity contribution is 0.0519. The summed E-state index contributed by atoms with van der Waals surface area (Å²) >= 11 is 0. The molecular weight excluding hydrogens is 574 g/mol. The highest BCUT2D eigenvalue weighted by Crippen LogP contribution is 2.36. The van der Waals surface area contributed by atoms with Crippen LogP contribution in [0.25, 0.3) is 32.8 Å². The van der Waals surface area contributed by atoms with Gasteiger partial charge in [-0.3, -0.25) is 4.68 Å². The monoisotopic (exact) mass is 621 g/mol. The number of likely N-dealkylation sites (tertiary alicyclic amines) is 1. The highest BCUT2D eigenvalue weighted by Gasteiger charge is 2.24. The molecule has 0 saturated carbocycles. The summed E-state index contributed by atoms with van der Waals surface area (Å²) in [6.45, 7) is 10.2. The lowest BCUT2D eigenvalue weighted by atomic mass is 9.97. The standard InChI is InChI=1S/C38H47N5O3/c1-4-33-35(32(41-42(33)3)26-39-21-13-24-43-22-8-9-23-43)31-18-11-17-29-30(37(40-36(29)31)38(44)45-5-2)19-12-25-46-34-20-10-15-27-14-6-7-16-28(27)34/h6-7,10-11,14-18,20,39-40H,4-5,8-9,12-13,19,21-26H2,1-3H3. The number of hydrogen-bond acceptors (Lipinski definition) is 6. The Kier molecular flexibility index (Phi) is 10.4. The Hall–Kier alpha value is -4.14. The Balaban J connectivity index is 1.25. The molecule has 8 nitrogen and oxygen atoms in total. The molecule has 242 valence electrons. The quantitative estimate of drug-likeness (QED) is 0.0963. The van der Waals surface area contributed by atoms with Crippen LogP contribution in [0.5, 0.6) is 5.75 Å². The number of nitrogens with one attached hydrogen (secondary N) is 2. The number of aromatic amines is 1. The average Bonchev–Trinajstić information content (AvgIpc) is 3.80. The lowest BCUT2D eigenvalue weighted by Gasteiger charge is -2.14. The second kappa shape index (κ2) is 15.0. The van der Waals surface area contributed by atoms with Crippen molar-refractivity contribution in [2.75, 3.05) is 39.4 Å². The molecule has 1 aliphatic heterocycles. The van der Waals surface area contributed by atoms with Crippen LogP contribution in [0.1, 0.15) is 67.0 Å². The number of fused-ring (bicyclic) bond motifs is 2. The maximum Gasteiger partial charge on any atom is 0.355 e. The van der Waals surface area contributed by atoms with E-state index in [1.54, 1.807) is 0 Å². The normalized spacial score (nSPS) is 13.6. The molecular formula is C38H47N5O3. The molecule has 2 N–H and O–H groups in total. The Morgan fingerprint density at radius 3 is 2.59 bits per heavy atom. The van der Waals surface area contributed by atoms with E-state index < -0.39 is 0 Å². The summed E-state index contributed by atoms with van der Waals surface area (Å²) < 4.78 is 13.8. The van der Waals surface area contributed by atoms with Gasteiger partial charge in [-0.15, -0.1) is 0 Å². The zero-order valence-electron chi connectivity index (χ0n) is 27.5. The number of nitrogens with zero attached hydrogens (tertiary/aromatic N) is 3. The molecule has 0 bridgehead atoms. The Morgan fingerprint density at radius 2 is 1.76 bits per heavy atom. The third-order valence-electron chi connectivity index (χ3n) is 9.16. The fraction of sp³-hybridized carbons (Fsp3) is 0.421. The first-order chi connectivity index (χ1) is 22.6. The van der Waals surface area contributed by atoms with Gasteiger partial charge in [0.25, 0.3) is 0 Å². The molecule has 5 aromatic rings. The summed E-state index contributed by atoms with van der Waals surface area (Å²) in [4.78, 5) is 19.3. The topological polar surface area (TPSA) is 84.4 Å². The first-order valence-corrected chi connectivity index (χ1v) is 17.0. The van der Waals surface area contributed by atoms with E-state index in [2.05, 4.69) is 58.5 Å². The second-order valence-corrected chi connectivity index (χ2v) is 12.2. The minimum Gasteiger partial charge on any atom is -0.493 e. The van der Waals surface area contributed by atoms with Crippen LogP contribution >= 0.6 is 0 Å². The number of aromatic nitrogens is 3. The minimum absolute atomic E-state index is 0.320. The number of hydrogen-bond donors (Lipinski definition) is 2. The van der Waals surface area contributed by atoms with E-state index in [4.69, 9.17) is 14.6 Å². The van der Waals surface area contributed by atoms with Crippen molar-refractivity contribution in [1.82, 2.24) is 25.0 Å². The molecule has 0 radical (unpaired) electrons. The molecule has 6 rings (SSSR count). The number of H-pyrrole nitrogens is 1. The first-order valence-electron chi connectivity index (χ1n) is 17.0. The number of carbonyl (C=O) groups excluding carboxylic acids is 1. The zero-order chi connectivity index (χ0) is 31.9. The Bertz CT molecular complexity index is 1780. The summed E-state index contributed by atoms with van der Waals surface area (Å²) in [5, 5.41) is 11.9. The Labute approximate surface area is 272 Å². The first kappa shape index (κ1) is 31.8. The highest BCUT2D eigenvalue weighted by molar-refractivity contribution is 6.04. The van der Waals surface area contributed by atoms with Gasteiger partial charge in [0, 0.05) is 41.2 Å². The number of carbonyl (C=O) groups is 1. The highest BCUT2D eigenvalue weighted by atomic mass is 16.5.